The van der Waals surface area contributed by atoms with E-state index in [1.807, 2.05) is 24.3 Å². The lowest BCUT2D eigenvalue weighted by Crippen LogP contribution is -2.43. The molecular weight excluding hydrogens is 368 g/mol. The number of ether oxygens (including phenoxy) is 1. The Hall–Kier alpha value is -0.786. The van der Waals surface area contributed by atoms with Gasteiger partial charge in [-0.15, -0.1) is 0 Å². The van der Waals surface area contributed by atoms with E-state index >= 15 is 0 Å². The number of unbranched alkanes of at least 4 members (excludes halogenated alkanes) is 1. The number of benzene rings is 1. The van der Waals surface area contributed by atoms with Crippen molar-refractivity contribution >= 4 is 16.6 Å². The van der Waals surface area contributed by atoms with Crippen molar-refractivity contribution in [1.82, 2.24) is 0 Å². The Bertz CT molecular complexity index is 567. The second-order valence-electron chi connectivity index (χ2n) is 10.5. The smallest absolute Gasteiger partial charge is 0.250 e. The summed E-state index contributed by atoms with van der Waals surface area (Å²) in [6.07, 6.45) is 2.05. The lowest BCUT2D eigenvalue weighted by Gasteiger charge is -2.36. The van der Waals surface area contributed by atoms with Crippen molar-refractivity contribution in [2.24, 2.45) is 0 Å². The molecule has 0 bridgehead atoms. The van der Waals surface area contributed by atoms with Crippen molar-refractivity contribution in [2.75, 3.05) is 13.2 Å². The van der Waals surface area contributed by atoms with Crippen molar-refractivity contribution in [3.05, 3.63) is 24.3 Å². The normalized spacial score (nSPS) is 13.6. The van der Waals surface area contributed by atoms with E-state index in [0.717, 1.165) is 37.6 Å². The minimum absolute atomic E-state index is 0.203. The van der Waals surface area contributed by atoms with Crippen LogP contribution in [0.4, 0.5) is 0 Å². The van der Waals surface area contributed by atoms with Crippen LogP contribution in [0.5, 0.6) is 11.5 Å². The molecular formula is C22H42O3Si2. The van der Waals surface area contributed by atoms with Crippen molar-refractivity contribution in [2.45, 2.75) is 90.6 Å². The summed E-state index contributed by atoms with van der Waals surface area (Å²) in [4.78, 5) is 0. The molecule has 0 aliphatic carbocycles. The third kappa shape index (κ3) is 7.62. The summed E-state index contributed by atoms with van der Waals surface area (Å²) in [6, 6.07) is 8.07. The maximum Gasteiger partial charge on any atom is 0.250 e. The number of hydrogen-bond acceptors (Lipinski definition) is 3. The Labute approximate surface area is 170 Å². The van der Waals surface area contributed by atoms with Crippen LogP contribution in [0.1, 0.15) is 54.4 Å². The molecule has 156 valence electrons. The Kier molecular flexibility index (Phi) is 8.21. The molecule has 0 fully saturated rings. The Morgan fingerprint density at radius 1 is 0.667 bits per heavy atom. The van der Waals surface area contributed by atoms with Gasteiger partial charge in [-0.25, -0.2) is 0 Å². The molecule has 5 heteroatoms. The molecule has 1 aromatic rings. The molecule has 0 spiro atoms. The third-order valence-corrected chi connectivity index (χ3v) is 15.0. The van der Waals surface area contributed by atoms with E-state index in [4.69, 9.17) is 13.6 Å². The van der Waals surface area contributed by atoms with E-state index in [1.165, 1.54) is 0 Å². The van der Waals surface area contributed by atoms with Crippen molar-refractivity contribution in [3.8, 4) is 11.5 Å². The summed E-state index contributed by atoms with van der Waals surface area (Å²) in [5.41, 5.74) is 0. The van der Waals surface area contributed by atoms with Crippen LogP contribution in [0.2, 0.25) is 36.3 Å². The van der Waals surface area contributed by atoms with Gasteiger partial charge in [-0.3, -0.25) is 0 Å². The van der Waals surface area contributed by atoms with E-state index in [9.17, 15) is 0 Å². The minimum Gasteiger partial charge on any atom is -0.543 e. The summed E-state index contributed by atoms with van der Waals surface area (Å²) in [5, 5.41) is 0.479. The van der Waals surface area contributed by atoms with Gasteiger partial charge in [0.25, 0.3) is 0 Å². The zero-order valence-corrected chi connectivity index (χ0v) is 21.4. The summed E-state index contributed by atoms with van der Waals surface area (Å²) in [7, 11) is -3.40. The highest BCUT2D eigenvalue weighted by molar-refractivity contribution is 6.75. The standard InChI is InChI=1S/C22H42O3Si2/c1-21(2,3)26(7,8)24-18-12-11-17-23-19-13-15-20(16-14-19)25-27(9,10)22(4,5)6/h13-16H,11-12,17-18H2,1-10H3. The second kappa shape index (κ2) is 9.14. The molecule has 0 heterocycles. The zero-order chi connectivity index (χ0) is 20.9. The fraction of sp³-hybridized carbons (Fsp3) is 0.727. The number of hydrogen-bond donors (Lipinski definition) is 0. The molecule has 0 aliphatic heterocycles. The first-order valence-corrected chi connectivity index (χ1v) is 16.0. The molecule has 1 aromatic carbocycles. The average Bonchev–Trinajstić information content (AvgIpc) is 2.49. The molecule has 0 unspecified atom stereocenters. The SMILES string of the molecule is CC(C)(C)[Si](C)(C)OCCCCOc1ccc(O[Si](C)(C)C(C)(C)C)cc1. The molecule has 0 radical (unpaired) electrons. The molecule has 0 saturated heterocycles. The molecule has 1 rings (SSSR count). The van der Waals surface area contributed by atoms with Crippen LogP contribution in [0.15, 0.2) is 24.3 Å². The first kappa shape index (κ1) is 24.3. The van der Waals surface area contributed by atoms with Gasteiger partial charge < -0.3 is 13.6 Å². The van der Waals surface area contributed by atoms with Crippen molar-refractivity contribution in [1.29, 1.82) is 0 Å². The second-order valence-corrected chi connectivity index (χ2v) is 20.0. The van der Waals surface area contributed by atoms with Gasteiger partial charge in [0.05, 0.1) is 6.61 Å². The monoisotopic (exact) mass is 410 g/mol. The molecule has 0 atom stereocenters. The fourth-order valence-corrected chi connectivity index (χ4v) is 4.11. The summed E-state index contributed by atoms with van der Waals surface area (Å²) in [5.74, 6) is 1.85. The van der Waals surface area contributed by atoms with Crippen LogP contribution >= 0.6 is 0 Å². The Balaban J connectivity index is 2.35. The van der Waals surface area contributed by atoms with Crippen molar-refractivity contribution in [3.63, 3.8) is 0 Å². The largest absolute Gasteiger partial charge is 0.543 e. The van der Waals surface area contributed by atoms with E-state index in [1.54, 1.807) is 0 Å². The van der Waals surface area contributed by atoms with Crippen LogP contribution in [-0.4, -0.2) is 29.8 Å². The summed E-state index contributed by atoms with van der Waals surface area (Å²) >= 11 is 0. The molecule has 27 heavy (non-hydrogen) atoms. The Morgan fingerprint density at radius 3 is 1.59 bits per heavy atom. The molecule has 0 aliphatic rings. The molecule has 0 N–H and O–H groups in total. The van der Waals surface area contributed by atoms with E-state index in [0.29, 0.717) is 0 Å². The van der Waals surface area contributed by atoms with Gasteiger partial charge in [0.1, 0.15) is 11.5 Å². The van der Waals surface area contributed by atoms with Crippen molar-refractivity contribution < 1.29 is 13.6 Å². The minimum atomic E-state index is -1.78. The summed E-state index contributed by atoms with van der Waals surface area (Å²) < 4.78 is 18.4. The Morgan fingerprint density at radius 2 is 1.11 bits per heavy atom. The highest BCUT2D eigenvalue weighted by atomic mass is 28.4. The van der Waals surface area contributed by atoms with E-state index in [2.05, 4.69) is 67.7 Å². The molecule has 0 saturated carbocycles. The predicted molar refractivity (Wildman–Crippen MR) is 122 cm³/mol. The van der Waals surface area contributed by atoms with Gasteiger partial charge in [0.15, 0.2) is 8.32 Å². The van der Waals surface area contributed by atoms with Gasteiger partial charge in [-0.1, -0.05) is 41.5 Å². The van der Waals surface area contributed by atoms with Crippen LogP contribution in [0, 0.1) is 0 Å². The third-order valence-electron chi connectivity index (χ3n) is 6.08. The topological polar surface area (TPSA) is 27.7 Å². The predicted octanol–water partition coefficient (Wildman–Crippen LogP) is 7.25. The molecule has 3 nitrogen and oxygen atoms in total. The maximum atomic E-state index is 6.31. The average molecular weight is 411 g/mol. The van der Waals surface area contributed by atoms with Crippen LogP contribution in [0.3, 0.4) is 0 Å². The van der Waals surface area contributed by atoms with Gasteiger partial charge in [-0.05, 0) is 73.4 Å². The van der Waals surface area contributed by atoms with Crippen LogP contribution in [0.25, 0.3) is 0 Å². The molecule has 0 amide bonds. The highest BCUT2D eigenvalue weighted by Crippen LogP contribution is 2.38. The van der Waals surface area contributed by atoms with Gasteiger partial charge in [-0.2, -0.15) is 0 Å². The highest BCUT2D eigenvalue weighted by Gasteiger charge is 2.39. The van der Waals surface area contributed by atoms with Crippen LogP contribution < -0.4 is 9.16 Å². The van der Waals surface area contributed by atoms with Gasteiger partial charge >= 0.3 is 0 Å². The lowest BCUT2D eigenvalue weighted by molar-refractivity contribution is 0.252. The first-order chi connectivity index (χ1) is 12.2. The van der Waals surface area contributed by atoms with E-state index in [-0.39, 0.29) is 10.1 Å². The zero-order valence-electron chi connectivity index (χ0n) is 19.4. The first-order valence-electron chi connectivity index (χ1n) is 10.2. The van der Waals surface area contributed by atoms with E-state index < -0.39 is 16.6 Å². The summed E-state index contributed by atoms with van der Waals surface area (Å²) in [6.45, 7) is 24.3. The molecule has 0 aromatic heterocycles. The maximum absolute atomic E-state index is 6.31. The van der Waals surface area contributed by atoms with Crippen LogP contribution in [-0.2, 0) is 4.43 Å². The fourth-order valence-electron chi connectivity index (χ4n) is 1.99. The van der Waals surface area contributed by atoms with Gasteiger partial charge in [0.2, 0.25) is 8.32 Å². The van der Waals surface area contributed by atoms with Gasteiger partial charge in [0, 0.05) is 6.61 Å². The quantitative estimate of drug-likeness (QED) is 0.317. The number of rotatable bonds is 9. The lowest BCUT2D eigenvalue weighted by atomic mass is 10.2.